The highest BCUT2D eigenvalue weighted by Gasteiger charge is 2.04. The molecule has 3 nitrogen and oxygen atoms in total. The van der Waals surface area contributed by atoms with Crippen LogP contribution in [0.5, 0.6) is 0 Å². The normalized spacial score (nSPS) is 11.6. The highest BCUT2D eigenvalue weighted by atomic mass is 16.5. The number of esters is 1. The number of nitrogens with one attached hydrogen (secondary N) is 1. The number of hydrogen-bond acceptors (Lipinski definition) is 3. The molecule has 0 rings (SSSR count). The van der Waals surface area contributed by atoms with Crippen LogP contribution in [-0.2, 0) is 9.53 Å². The smallest absolute Gasteiger partial charge is 0.331 e. The van der Waals surface area contributed by atoms with Gasteiger partial charge in [0.1, 0.15) is 0 Å². The molecule has 11 heavy (non-hydrogen) atoms. The quantitative estimate of drug-likeness (QED) is 0.481. The summed E-state index contributed by atoms with van der Waals surface area (Å²) in [6.45, 7) is 6.03. The molecule has 0 aliphatic carbocycles. The number of methoxy groups -OCH3 is 1. The lowest BCUT2D eigenvalue weighted by Gasteiger charge is -2.18. The molecular formula is C8H15NO2. The van der Waals surface area contributed by atoms with Crippen molar-refractivity contribution in [3.05, 3.63) is 12.3 Å². The number of hydrogen-bond donors (Lipinski definition) is 1. The molecule has 0 saturated carbocycles. The second-order valence-electron chi connectivity index (χ2n) is 3.25. The minimum absolute atomic E-state index is 0.00940. The van der Waals surface area contributed by atoms with Gasteiger partial charge in [0.05, 0.1) is 7.11 Å². The lowest BCUT2D eigenvalue weighted by Crippen LogP contribution is -2.31. The van der Waals surface area contributed by atoms with E-state index in [2.05, 4.69) is 10.1 Å². The van der Waals surface area contributed by atoms with Gasteiger partial charge in [-0.15, -0.1) is 0 Å². The van der Waals surface area contributed by atoms with Gasteiger partial charge in [0.25, 0.3) is 0 Å². The lowest BCUT2D eigenvalue weighted by molar-refractivity contribution is -0.134. The third-order valence-electron chi connectivity index (χ3n) is 0.937. The summed E-state index contributed by atoms with van der Waals surface area (Å²) in [5, 5.41) is 3.01. The molecule has 0 aromatic rings. The van der Waals surface area contributed by atoms with Gasteiger partial charge in [-0.25, -0.2) is 4.79 Å². The molecule has 3 heteroatoms. The zero-order chi connectivity index (χ0) is 8.91. The minimum Gasteiger partial charge on any atom is -0.466 e. The van der Waals surface area contributed by atoms with Gasteiger partial charge in [-0.2, -0.15) is 0 Å². The molecular weight excluding hydrogens is 142 g/mol. The summed E-state index contributed by atoms with van der Waals surface area (Å²) in [6, 6.07) is 0. The Morgan fingerprint density at radius 3 is 2.36 bits per heavy atom. The van der Waals surface area contributed by atoms with Gasteiger partial charge in [0, 0.05) is 17.8 Å². The first-order valence-electron chi connectivity index (χ1n) is 3.48. The van der Waals surface area contributed by atoms with Crippen molar-refractivity contribution < 1.29 is 9.53 Å². The van der Waals surface area contributed by atoms with E-state index in [-0.39, 0.29) is 11.5 Å². The van der Waals surface area contributed by atoms with Crippen LogP contribution in [0.3, 0.4) is 0 Å². The standard InChI is InChI=1S/C8H15NO2/c1-8(2,3)9-6-5-7(10)11-4/h5-6,9H,1-4H3/b6-5+. The monoisotopic (exact) mass is 157 g/mol. The van der Waals surface area contributed by atoms with Crippen molar-refractivity contribution in [2.75, 3.05) is 7.11 Å². The molecule has 0 aromatic heterocycles. The maximum Gasteiger partial charge on any atom is 0.331 e. The first-order chi connectivity index (χ1) is 4.95. The first-order valence-corrected chi connectivity index (χ1v) is 3.48. The number of carbonyl (C=O) groups is 1. The molecule has 0 heterocycles. The largest absolute Gasteiger partial charge is 0.466 e. The van der Waals surface area contributed by atoms with Crippen LogP contribution < -0.4 is 5.32 Å². The minimum atomic E-state index is -0.346. The summed E-state index contributed by atoms with van der Waals surface area (Å²) < 4.78 is 4.40. The molecule has 0 unspecified atom stereocenters. The molecule has 0 aromatic carbocycles. The Labute approximate surface area is 67.4 Å². The van der Waals surface area contributed by atoms with E-state index in [1.54, 1.807) is 6.20 Å². The van der Waals surface area contributed by atoms with Crippen LogP contribution in [-0.4, -0.2) is 18.6 Å². The van der Waals surface area contributed by atoms with Crippen molar-refractivity contribution in [2.45, 2.75) is 26.3 Å². The van der Waals surface area contributed by atoms with E-state index < -0.39 is 0 Å². The van der Waals surface area contributed by atoms with E-state index in [1.807, 2.05) is 20.8 Å². The van der Waals surface area contributed by atoms with Crippen molar-refractivity contribution >= 4 is 5.97 Å². The Kier molecular flexibility index (Phi) is 3.65. The van der Waals surface area contributed by atoms with Crippen LogP contribution in [0.2, 0.25) is 0 Å². The number of carbonyl (C=O) groups excluding carboxylic acids is 1. The molecule has 0 radical (unpaired) electrons. The number of rotatable bonds is 2. The highest BCUT2D eigenvalue weighted by molar-refractivity contribution is 5.81. The Bertz CT molecular complexity index is 156. The van der Waals surface area contributed by atoms with Gasteiger partial charge in [-0.05, 0) is 20.8 Å². The van der Waals surface area contributed by atoms with Crippen LogP contribution in [0.25, 0.3) is 0 Å². The highest BCUT2D eigenvalue weighted by Crippen LogP contribution is 1.97. The molecule has 0 aliphatic heterocycles. The molecule has 1 N–H and O–H groups in total. The second kappa shape index (κ2) is 4.01. The van der Waals surface area contributed by atoms with E-state index in [4.69, 9.17) is 0 Å². The van der Waals surface area contributed by atoms with Gasteiger partial charge >= 0.3 is 5.97 Å². The maximum absolute atomic E-state index is 10.5. The fourth-order valence-electron chi connectivity index (χ4n) is 0.428. The number of ether oxygens (including phenoxy) is 1. The molecule has 0 atom stereocenters. The first kappa shape index (κ1) is 10.0. The fraction of sp³-hybridized carbons (Fsp3) is 0.625. The molecule has 64 valence electrons. The van der Waals surface area contributed by atoms with E-state index in [9.17, 15) is 4.79 Å². The van der Waals surface area contributed by atoms with Crippen LogP contribution in [0.4, 0.5) is 0 Å². The van der Waals surface area contributed by atoms with Gasteiger partial charge in [0.15, 0.2) is 0 Å². The van der Waals surface area contributed by atoms with Crippen LogP contribution >= 0.6 is 0 Å². The van der Waals surface area contributed by atoms with Crippen LogP contribution in [0.1, 0.15) is 20.8 Å². The average molecular weight is 157 g/mol. The predicted octanol–water partition coefficient (Wildman–Crippen LogP) is 1.06. The molecule has 0 spiro atoms. The summed E-state index contributed by atoms with van der Waals surface area (Å²) in [6.07, 6.45) is 2.94. The Morgan fingerprint density at radius 2 is 2.00 bits per heavy atom. The summed E-state index contributed by atoms with van der Waals surface area (Å²) in [7, 11) is 1.35. The summed E-state index contributed by atoms with van der Waals surface area (Å²) >= 11 is 0. The zero-order valence-electron chi connectivity index (χ0n) is 7.47. The van der Waals surface area contributed by atoms with Crippen molar-refractivity contribution in [3.63, 3.8) is 0 Å². The Morgan fingerprint density at radius 1 is 1.45 bits per heavy atom. The van der Waals surface area contributed by atoms with Crippen LogP contribution in [0, 0.1) is 0 Å². The van der Waals surface area contributed by atoms with E-state index in [0.29, 0.717) is 0 Å². The Hall–Kier alpha value is -0.990. The van der Waals surface area contributed by atoms with Crippen LogP contribution in [0.15, 0.2) is 12.3 Å². The van der Waals surface area contributed by atoms with Gasteiger partial charge in [-0.3, -0.25) is 0 Å². The van der Waals surface area contributed by atoms with Crippen molar-refractivity contribution in [1.29, 1.82) is 0 Å². The molecule has 0 bridgehead atoms. The third-order valence-corrected chi connectivity index (χ3v) is 0.937. The molecule has 0 saturated heterocycles. The maximum atomic E-state index is 10.5. The molecule has 0 amide bonds. The zero-order valence-corrected chi connectivity index (χ0v) is 7.47. The van der Waals surface area contributed by atoms with E-state index in [1.165, 1.54) is 13.2 Å². The fourth-order valence-corrected chi connectivity index (χ4v) is 0.428. The van der Waals surface area contributed by atoms with Crippen molar-refractivity contribution in [1.82, 2.24) is 5.32 Å². The van der Waals surface area contributed by atoms with Gasteiger partial charge in [0.2, 0.25) is 0 Å². The molecule has 0 aliphatic rings. The summed E-state index contributed by atoms with van der Waals surface area (Å²) in [4.78, 5) is 10.5. The SMILES string of the molecule is COC(=O)/C=C/NC(C)(C)C. The van der Waals surface area contributed by atoms with E-state index in [0.717, 1.165) is 0 Å². The molecule has 0 fully saturated rings. The van der Waals surface area contributed by atoms with E-state index >= 15 is 0 Å². The summed E-state index contributed by atoms with van der Waals surface area (Å²) in [5.41, 5.74) is -0.00940. The second-order valence-corrected chi connectivity index (χ2v) is 3.25. The topological polar surface area (TPSA) is 38.3 Å². The van der Waals surface area contributed by atoms with Gasteiger partial charge in [-0.1, -0.05) is 0 Å². The van der Waals surface area contributed by atoms with Gasteiger partial charge < -0.3 is 10.1 Å². The predicted molar refractivity (Wildman–Crippen MR) is 44.0 cm³/mol. The lowest BCUT2D eigenvalue weighted by atomic mass is 10.1. The average Bonchev–Trinajstić information content (AvgIpc) is 1.85. The summed E-state index contributed by atoms with van der Waals surface area (Å²) in [5.74, 6) is -0.346. The third kappa shape index (κ3) is 6.90. The van der Waals surface area contributed by atoms with Crippen molar-refractivity contribution in [3.8, 4) is 0 Å². The Balaban J connectivity index is 3.70. The van der Waals surface area contributed by atoms with Crippen molar-refractivity contribution in [2.24, 2.45) is 0 Å².